The molecule has 1 N–H and O–H groups in total. The van der Waals surface area contributed by atoms with Crippen molar-refractivity contribution in [2.45, 2.75) is 22.1 Å². The summed E-state index contributed by atoms with van der Waals surface area (Å²) in [5.74, 6) is 0.195. The second-order valence-corrected chi connectivity index (χ2v) is 10.3. The topological polar surface area (TPSA) is 58.1 Å². The van der Waals surface area contributed by atoms with Crippen LogP contribution in [0.1, 0.15) is 12.8 Å². The van der Waals surface area contributed by atoms with Crippen molar-refractivity contribution < 1.29 is 4.79 Å². The summed E-state index contributed by atoms with van der Waals surface area (Å²) in [6, 6.07) is 15.5. The number of anilines is 1. The van der Waals surface area contributed by atoms with Crippen LogP contribution in [0.4, 0.5) is 5.69 Å². The number of hydrogen-bond acceptors (Lipinski definition) is 7. The van der Waals surface area contributed by atoms with Crippen LogP contribution < -0.4 is 5.32 Å². The van der Waals surface area contributed by atoms with Crippen molar-refractivity contribution >= 4 is 58.2 Å². The first-order chi connectivity index (χ1) is 14.2. The molecule has 3 aromatic rings. The molecule has 0 bridgehead atoms. The molecule has 2 heterocycles. The summed E-state index contributed by atoms with van der Waals surface area (Å²) >= 11 is 10.6. The van der Waals surface area contributed by atoms with E-state index in [1.54, 1.807) is 24.3 Å². The van der Waals surface area contributed by atoms with E-state index in [9.17, 15) is 4.79 Å². The number of nitrogens with zero attached hydrogens (tertiary/aromatic N) is 3. The monoisotopic (exact) mass is 462 g/mol. The fourth-order valence-electron chi connectivity index (χ4n) is 2.83. The van der Waals surface area contributed by atoms with E-state index in [4.69, 9.17) is 11.6 Å². The van der Waals surface area contributed by atoms with Gasteiger partial charge in [-0.2, -0.15) is 0 Å². The highest BCUT2D eigenvalue weighted by molar-refractivity contribution is 8.01. The zero-order chi connectivity index (χ0) is 20.1. The largest absolute Gasteiger partial charge is 0.325 e. The Morgan fingerprint density at radius 3 is 2.52 bits per heavy atom. The number of carbonyl (C=O) groups is 1. The maximum Gasteiger partial charge on any atom is 0.234 e. The SMILES string of the molecule is O=C(CSc1nnc(-c2ccc(SN3CCCC3)cc2)s1)Nc1ccc(Cl)cc1. The molecule has 1 fully saturated rings. The second kappa shape index (κ2) is 9.95. The van der Waals surface area contributed by atoms with E-state index >= 15 is 0 Å². The van der Waals surface area contributed by atoms with Gasteiger partial charge >= 0.3 is 0 Å². The van der Waals surface area contributed by atoms with Crippen molar-refractivity contribution in [3.05, 3.63) is 53.6 Å². The lowest BCUT2D eigenvalue weighted by molar-refractivity contribution is -0.113. The fourth-order valence-corrected chi connectivity index (χ4v) is 5.61. The number of rotatable bonds is 7. The van der Waals surface area contributed by atoms with Gasteiger partial charge in [-0.25, -0.2) is 4.31 Å². The van der Waals surface area contributed by atoms with Gasteiger partial charge in [0.2, 0.25) is 5.91 Å². The van der Waals surface area contributed by atoms with Gasteiger partial charge in [-0.1, -0.05) is 46.8 Å². The third kappa shape index (κ3) is 5.96. The smallest absolute Gasteiger partial charge is 0.234 e. The summed E-state index contributed by atoms with van der Waals surface area (Å²) < 4.78 is 3.19. The van der Waals surface area contributed by atoms with Crippen LogP contribution in [0.15, 0.2) is 57.8 Å². The van der Waals surface area contributed by atoms with Gasteiger partial charge < -0.3 is 5.32 Å². The summed E-state index contributed by atoms with van der Waals surface area (Å²) in [4.78, 5) is 13.4. The van der Waals surface area contributed by atoms with Gasteiger partial charge in [0.05, 0.1) is 5.75 Å². The van der Waals surface area contributed by atoms with Crippen molar-refractivity contribution in [1.29, 1.82) is 0 Å². The van der Waals surface area contributed by atoms with Crippen LogP contribution >= 0.6 is 46.6 Å². The Kier molecular flexibility index (Phi) is 7.10. The fraction of sp³-hybridized carbons (Fsp3) is 0.250. The number of nitrogens with one attached hydrogen (secondary N) is 1. The lowest BCUT2D eigenvalue weighted by atomic mass is 10.2. The zero-order valence-electron chi connectivity index (χ0n) is 15.5. The van der Waals surface area contributed by atoms with Gasteiger partial charge in [-0.3, -0.25) is 4.79 Å². The Balaban J connectivity index is 1.29. The standard InChI is InChI=1S/C20H19ClN4OS3/c21-15-5-7-16(8-6-15)22-18(26)13-27-20-24-23-19(28-20)14-3-9-17(10-4-14)29-25-11-1-2-12-25/h3-10H,1-2,11-13H2,(H,22,26). The predicted octanol–water partition coefficient (Wildman–Crippen LogP) is 5.69. The molecule has 1 saturated heterocycles. The minimum absolute atomic E-state index is 0.0858. The van der Waals surface area contributed by atoms with Crippen molar-refractivity contribution in [2.75, 3.05) is 24.2 Å². The van der Waals surface area contributed by atoms with Gasteiger partial charge in [0.25, 0.3) is 0 Å². The molecule has 0 atom stereocenters. The third-order valence-corrected chi connectivity index (χ3v) is 7.73. The van der Waals surface area contributed by atoms with Gasteiger partial charge in [0.1, 0.15) is 5.01 Å². The highest BCUT2D eigenvalue weighted by Crippen LogP contribution is 2.32. The number of amides is 1. The molecule has 2 aromatic carbocycles. The van der Waals surface area contributed by atoms with E-state index in [0.717, 1.165) is 33.7 Å². The average Bonchev–Trinajstić information content (AvgIpc) is 3.41. The molecule has 1 aliphatic heterocycles. The third-order valence-electron chi connectivity index (χ3n) is 4.26. The predicted molar refractivity (Wildman–Crippen MR) is 123 cm³/mol. The Bertz CT molecular complexity index is 957. The molecule has 150 valence electrons. The Hall–Kier alpha value is -1.58. The molecule has 1 aliphatic rings. The Morgan fingerprint density at radius 1 is 1.07 bits per heavy atom. The molecule has 0 spiro atoms. The summed E-state index contributed by atoms with van der Waals surface area (Å²) in [6.45, 7) is 2.32. The van der Waals surface area contributed by atoms with Crippen molar-refractivity contribution in [2.24, 2.45) is 0 Å². The first kappa shape index (κ1) is 20.7. The van der Waals surface area contributed by atoms with E-state index in [2.05, 4.69) is 44.1 Å². The van der Waals surface area contributed by atoms with E-state index < -0.39 is 0 Å². The van der Waals surface area contributed by atoms with Gasteiger partial charge in [-0.05, 0) is 61.2 Å². The molecule has 0 saturated carbocycles. The van der Waals surface area contributed by atoms with Crippen LogP contribution in [-0.2, 0) is 4.79 Å². The number of hydrogen-bond donors (Lipinski definition) is 1. The normalized spacial score (nSPS) is 14.2. The molecule has 0 aliphatic carbocycles. The van der Waals surface area contributed by atoms with Gasteiger partial charge in [-0.15, -0.1) is 10.2 Å². The molecule has 1 amide bonds. The molecule has 29 heavy (non-hydrogen) atoms. The first-order valence-corrected chi connectivity index (χ1v) is 12.2. The van der Waals surface area contributed by atoms with Crippen molar-refractivity contribution in [3.63, 3.8) is 0 Å². The van der Waals surface area contributed by atoms with Gasteiger partial charge in [0, 0.05) is 34.3 Å². The molecular formula is C20H19ClN4OS3. The van der Waals surface area contributed by atoms with Crippen LogP contribution in [0, 0.1) is 0 Å². The number of benzene rings is 2. The minimum atomic E-state index is -0.0858. The number of halogens is 1. The van der Waals surface area contributed by atoms with Crippen LogP contribution in [0.25, 0.3) is 10.6 Å². The molecule has 5 nitrogen and oxygen atoms in total. The number of aromatic nitrogens is 2. The Morgan fingerprint density at radius 2 is 1.79 bits per heavy atom. The quantitative estimate of drug-likeness (QED) is 0.359. The zero-order valence-corrected chi connectivity index (χ0v) is 18.7. The van der Waals surface area contributed by atoms with E-state index in [1.165, 1.54) is 40.8 Å². The molecule has 0 unspecified atom stereocenters. The first-order valence-electron chi connectivity index (χ1n) is 9.21. The molecule has 4 rings (SSSR count). The van der Waals surface area contributed by atoms with Crippen LogP contribution in [0.2, 0.25) is 5.02 Å². The van der Waals surface area contributed by atoms with Crippen LogP contribution in [-0.4, -0.2) is 39.3 Å². The maximum atomic E-state index is 12.1. The van der Waals surface area contributed by atoms with Crippen LogP contribution in [0.5, 0.6) is 0 Å². The summed E-state index contributed by atoms with van der Waals surface area (Å²) in [5.41, 5.74) is 1.77. The number of carbonyl (C=O) groups excluding carboxylic acids is 1. The lowest BCUT2D eigenvalue weighted by Crippen LogP contribution is -2.13. The maximum absolute atomic E-state index is 12.1. The van der Waals surface area contributed by atoms with E-state index in [0.29, 0.717) is 5.02 Å². The second-order valence-electron chi connectivity index (χ2n) is 6.47. The minimum Gasteiger partial charge on any atom is -0.325 e. The molecule has 9 heteroatoms. The van der Waals surface area contributed by atoms with Gasteiger partial charge in [0.15, 0.2) is 4.34 Å². The average molecular weight is 463 g/mol. The highest BCUT2D eigenvalue weighted by atomic mass is 35.5. The number of thioether (sulfide) groups is 1. The van der Waals surface area contributed by atoms with E-state index in [-0.39, 0.29) is 11.7 Å². The molecule has 1 aromatic heterocycles. The van der Waals surface area contributed by atoms with Crippen molar-refractivity contribution in [3.8, 4) is 10.6 Å². The Labute approximate surface area is 187 Å². The lowest BCUT2D eigenvalue weighted by Gasteiger charge is -2.12. The summed E-state index contributed by atoms with van der Waals surface area (Å²) in [7, 11) is 0. The molecule has 0 radical (unpaired) electrons. The van der Waals surface area contributed by atoms with Crippen LogP contribution in [0.3, 0.4) is 0 Å². The highest BCUT2D eigenvalue weighted by Gasteiger charge is 2.14. The van der Waals surface area contributed by atoms with E-state index in [1.807, 2.05) is 11.9 Å². The summed E-state index contributed by atoms with van der Waals surface area (Å²) in [6.07, 6.45) is 2.57. The summed E-state index contributed by atoms with van der Waals surface area (Å²) in [5, 5.41) is 12.8. The van der Waals surface area contributed by atoms with Crippen molar-refractivity contribution in [1.82, 2.24) is 14.5 Å². The molecular weight excluding hydrogens is 444 g/mol.